The van der Waals surface area contributed by atoms with E-state index in [0.29, 0.717) is 16.4 Å². The molecule has 2 aromatic rings. The van der Waals surface area contributed by atoms with E-state index >= 15 is 0 Å². The van der Waals surface area contributed by atoms with E-state index in [-0.39, 0.29) is 11.7 Å². The maximum atomic E-state index is 12.0. The Labute approximate surface area is 142 Å². The summed E-state index contributed by atoms with van der Waals surface area (Å²) in [5.74, 6) is 4.54. The van der Waals surface area contributed by atoms with Crippen molar-refractivity contribution < 1.29 is 9.53 Å². The summed E-state index contributed by atoms with van der Waals surface area (Å²) in [6, 6.07) is 8.51. The number of nitrogens with zero attached hydrogens (tertiary/aromatic N) is 5. The van der Waals surface area contributed by atoms with Gasteiger partial charge in [-0.15, -0.1) is 10.2 Å². The zero-order valence-electron chi connectivity index (χ0n) is 12.9. The van der Waals surface area contributed by atoms with Crippen LogP contribution in [0.4, 0.5) is 5.95 Å². The van der Waals surface area contributed by atoms with E-state index in [4.69, 9.17) is 22.2 Å². The van der Waals surface area contributed by atoms with Gasteiger partial charge in [-0.3, -0.25) is 0 Å². The van der Waals surface area contributed by atoms with Gasteiger partial charge < -0.3 is 10.6 Å². The molecule has 1 heterocycles. The first-order valence-corrected chi connectivity index (χ1v) is 7.09. The van der Waals surface area contributed by atoms with Crippen LogP contribution in [-0.2, 0) is 9.53 Å². The van der Waals surface area contributed by atoms with Gasteiger partial charge in [-0.1, -0.05) is 23.7 Å². The first-order valence-electron chi connectivity index (χ1n) is 6.72. The highest BCUT2D eigenvalue weighted by atomic mass is 35.5. The highest BCUT2D eigenvalue weighted by molar-refractivity contribution is 6.39. The molecule has 0 fully saturated rings. The number of aromatic nitrogens is 3. The van der Waals surface area contributed by atoms with Crippen molar-refractivity contribution in [3.8, 4) is 6.07 Å². The molecule has 0 saturated carbocycles. The number of ether oxygens (including phenoxy) is 1. The minimum Gasteiger partial charge on any atom is -0.464 e. The second kappa shape index (κ2) is 7.43. The molecule has 1 unspecified atom stereocenters. The molecule has 1 aromatic carbocycles. The summed E-state index contributed by atoms with van der Waals surface area (Å²) in [6.45, 7) is 1.65. The van der Waals surface area contributed by atoms with Crippen molar-refractivity contribution in [2.75, 3.05) is 18.4 Å². The van der Waals surface area contributed by atoms with Gasteiger partial charge in [-0.05, 0) is 24.6 Å². The molecule has 0 aliphatic heterocycles. The van der Waals surface area contributed by atoms with Crippen molar-refractivity contribution in [3.05, 3.63) is 40.7 Å². The third-order valence-corrected chi connectivity index (χ3v) is 3.40. The quantitative estimate of drug-likeness (QED) is 0.359. The van der Waals surface area contributed by atoms with Crippen LogP contribution in [0.5, 0.6) is 0 Å². The molecule has 24 heavy (non-hydrogen) atoms. The molecule has 0 spiro atoms. The highest BCUT2D eigenvalue weighted by Gasteiger charge is 2.26. The van der Waals surface area contributed by atoms with Crippen LogP contribution in [-0.4, -0.2) is 33.7 Å². The predicted octanol–water partition coefficient (Wildman–Crippen LogP) is 1.20. The van der Waals surface area contributed by atoms with E-state index in [9.17, 15) is 10.1 Å². The summed E-state index contributed by atoms with van der Waals surface area (Å²) < 4.78 is 5.86. The average molecular weight is 348 g/mol. The molecule has 0 aliphatic carbocycles. The fourth-order valence-electron chi connectivity index (χ4n) is 1.84. The summed E-state index contributed by atoms with van der Waals surface area (Å²) in [6.07, 6.45) is 0. The topological polar surface area (TPSA) is 131 Å². The Morgan fingerprint density at radius 1 is 1.46 bits per heavy atom. The van der Waals surface area contributed by atoms with Crippen LogP contribution >= 0.6 is 11.6 Å². The van der Waals surface area contributed by atoms with Crippen LogP contribution in [0.3, 0.4) is 0 Å². The molecule has 1 atom stereocenters. The van der Waals surface area contributed by atoms with Gasteiger partial charge in [-0.25, -0.2) is 14.9 Å². The van der Waals surface area contributed by atoms with Crippen molar-refractivity contribution in [1.82, 2.24) is 14.9 Å². The molecule has 0 bridgehead atoms. The predicted molar refractivity (Wildman–Crippen MR) is 87.8 cm³/mol. The minimum absolute atomic E-state index is 0.113. The number of carbonyl (C=O) groups is 1. The van der Waals surface area contributed by atoms with Gasteiger partial charge in [0, 0.05) is 5.02 Å². The number of aryl methyl sites for hydroxylation is 1. The van der Waals surface area contributed by atoms with E-state index in [1.807, 2.05) is 6.07 Å². The average Bonchev–Trinajstić information content (AvgIpc) is 2.91. The van der Waals surface area contributed by atoms with E-state index in [0.717, 1.165) is 4.68 Å². The number of nitrogen functional groups attached to an aromatic ring is 1. The lowest BCUT2D eigenvalue weighted by Crippen LogP contribution is -2.25. The molecule has 0 saturated heterocycles. The van der Waals surface area contributed by atoms with Gasteiger partial charge in [-0.2, -0.15) is 10.4 Å². The first kappa shape index (κ1) is 17.2. The Balaban J connectivity index is 2.37. The number of halogens is 1. The number of benzene rings is 1. The number of rotatable bonds is 5. The van der Waals surface area contributed by atoms with Crippen molar-refractivity contribution in [2.45, 2.75) is 12.8 Å². The number of nitrogens with one attached hydrogen (secondary N) is 1. The zero-order chi connectivity index (χ0) is 17.7. The number of nitrogens with two attached hydrogens (primary N) is 1. The Bertz CT molecular complexity index is 808. The first-order chi connectivity index (χ1) is 11.5. The largest absolute Gasteiger partial charge is 0.464 e. The summed E-state index contributed by atoms with van der Waals surface area (Å²) in [5, 5.41) is 21.4. The molecule has 1 aromatic heterocycles. The number of hydrogen-bond acceptors (Lipinski definition) is 8. The number of methoxy groups -OCH3 is 1. The molecular weight excluding hydrogens is 334 g/mol. The maximum Gasteiger partial charge on any atom is 0.355 e. The van der Waals surface area contributed by atoms with Gasteiger partial charge in [0.1, 0.15) is 5.92 Å². The smallest absolute Gasteiger partial charge is 0.355 e. The molecular formula is C14H14ClN7O2. The Morgan fingerprint density at radius 2 is 2.12 bits per heavy atom. The van der Waals surface area contributed by atoms with Crippen molar-refractivity contribution in [1.29, 1.82) is 5.26 Å². The standard InChI is InChI=1S/C14H14ClN7O2/c1-8-18-20-14(22(8)17)21-19-12(13(23)24-2)11(7-16)9-3-5-10(15)6-4-9/h3-6,11H,17H2,1-2H3,(H,20,21)/b19-12-. The number of anilines is 1. The number of esters is 1. The van der Waals surface area contributed by atoms with Crippen molar-refractivity contribution in [2.24, 2.45) is 5.10 Å². The summed E-state index contributed by atoms with van der Waals surface area (Å²) in [7, 11) is 1.20. The van der Waals surface area contributed by atoms with Gasteiger partial charge in [0.25, 0.3) is 5.95 Å². The summed E-state index contributed by atoms with van der Waals surface area (Å²) >= 11 is 5.84. The van der Waals surface area contributed by atoms with Crippen LogP contribution in [0.25, 0.3) is 0 Å². The molecule has 0 radical (unpaired) electrons. The molecule has 9 nitrogen and oxygen atoms in total. The Kier molecular flexibility index (Phi) is 5.34. The van der Waals surface area contributed by atoms with Crippen LogP contribution in [0.15, 0.2) is 29.4 Å². The van der Waals surface area contributed by atoms with E-state index < -0.39 is 11.9 Å². The van der Waals surface area contributed by atoms with Crippen LogP contribution in [0.1, 0.15) is 17.3 Å². The number of hydrazone groups is 1. The lowest BCUT2D eigenvalue weighted by atomic mass is 9.95. The molecule has 2 rings (SSSR count). The Hall–Kier alpha value is -3.12. The second-order valence-corrected chi connectivity index (χ2v) is 5.09. The van der Waals surface area contributed by atoms with E-state index in [2.05, 4.69) is 20.7 Å². The van der Waals surface area contributed by atoms with E-state index in [1.54, 1.807) is 31.2 Å². The fraction of sp³-hybridized carbons (Fsp3) is 0.214. The molecule has 3 N–H and O–H groups in total. The fourth-order valence-corrected chi connectivity index (χ4v) is 1.96. The maximum absolute atomic E-state index is 12.0. The van der Waals surface area contributed by atoms with Gasteiger partial charge >= 0.3 is 5.97 Å². The van der Waals surface area contributed by atoms with Crippen molar-refractivity contribution >= 4 is 29.2 Å². The normalized spacial score (nSPS) is 12.3. The minimum atomic E-state index is -0.961. The Morgan fingerprint density at radius 3 is 2.62 bits per heavy atom. The van der Waals surface area contributed by atoms with E-state index in [1.165, 1.54) is 7.11 Å². The van der Waals surface area contributed by atoms with Gasteiger partial charge in [0.05, 0.1) is 13.2 Å². The summed E-state index contributed by atoms with van der Waals surface area (Å²) in [4.78, 5) is 12.0. The lowest BCUT2D eigenvalue weighted by Gasteiger charge is -2.11. The lowest BCUT2D eigenvalue weighted by molar-refractivity contribution is -0.132. The summed E-state index contributed by atoms with van der Waals surface area (Å²) in [5.41, 5.74) is 2.91. The van der Waals surface area contributed by atoms with Crippen molar-refractivity contribution in [3.63, 3.8) is 0 Å². The van der Waals surface area contributed by atoms with Crippen LogP contribution in [0, 0.1) is 18.3 Å². The molecule has 0 amide bonds. The zero-order valence-corrected chi connectivity index (χ0v) is 13.7. The molecule has 10 heteroatoms. The third-order valence-electron chi connectivity index (χ3n) is 3.14. The highest BCUT2D eigenvalue weighted by Crippen LogP contribution is 2.20. The van der Waals surface area contributed by atoms with Gasteiger partial charge in [0.2, 0.25) is 0 Å². The van der Waals surface area contributed by atoms with Crippen LogP contribution in [0.2, 0.25) is 5.02 Å². The number of nitriles is 1. The number of carbonyl (C=O) groups excluding carboxylic acids is 1. The third kappa shape index (κ3) is 3.61. The van der Waals surface area contributed by atoms with Crippen LogP contribution < -0.4 is 11.3 Å². The second-order valence-electron chi connectivity index (χ2n) is 4.65. The van der Waals surface area contributed by atoms with Gasteiger partial charge in [0.15, 0.2) is 11.5 Å². The molecule has 0 aliphatic rings. The monoisotopic (exact) mass is 347 g/mol. The SMILES string of the molecule is COC(=O)/C(=N\Nc1nnc(C)n1N)C(C#N)c1ccc(Cl)cc1. The molecule has 124 valence electrons. The number of hydrogen-bond donors (Lipinski definition) is 2.